The summed E-state index contributed by atoms with van der Waals surface area (Å²) in [4.78, 5) is 28.4. The van der Waals surface area contributed by atoms with Crippen LogP contribution in [0, 0.1) is 6.07 Å². The fraction of sp³-hybridized carbons (Fsp3) is 0.344. The van der Waals surface area contributed by atoms with Gasteiger partial charge < -0.3 is 19.1 Å². The van der Waals surface area contributed by atoms with E-state index in [0.29, 0.717) is 5.56 Å². The van der Waals surface area contributed by atoms with Crippen LogP contribution < -0.4 is 4.90 Å². The molecule has 6 rings (SSSR count). The largest absolute Gasteiger partial charge is 0.454 e. The minimum absolute atomic E-state index is 0.0828. The lowest BCUT2D eigenvalue weighted by molar-refractivity contribution is 0.0664. The number of rotatable bonds is 4. The zero-order valence-electron chi connectivity index (χ0n) is 22.7. The average molecular weight is 521 g/mol. The molecule has 2 aromatic heterocycles. The average Bonchev–Trinajstić information content (AvgIpc) is 3.43. The minimum atomic E-state index is 0.0828. The van der Waals surface area contributed by atoms with Gasteiger partial charge in [-0.15, -0.1) is 0 Å². The van der Waals surface area contributed by atoms with Gasteiger partial charge in [0.15, 0.2) is 5.58 Å². The summed E-state index contributed by atoms with van der Waals surface area (Å²) in [5.41, 5.74) is 7.37. The summed E-state index contributed by atoms with van der Waals surface area (Å²) in [5.74, 6) is 0.815. The highest BCUT2D eigenvalue weighted by Crippen LogP contribution is 2.36. The molecule has 2 aliphatic rings. The molecule has 0 unspecified atom stereocenters. The van der Waals surface area contributed by atoms with Crippen molar-refractivity contribution in [3.8, 4) is 28.5 Å². The summed E-state index contributed by atoms with van der Waals surface area (Å²) in [7, 11) is 3.85. The third-order valence-electron chi connectivity index (χ3n) is 7.86. The first-order chi connectivity index (χ1) is 19.1. The molecule has 0 atom stereocenters. The van der Waals surface area contributed by atoms with Crippen molar-refractivity contribution in [3.63, 3.8) is 0 Å². The Kier molecular flexibility index (Phi) is 7.04. The number of aromatic nitrogens is 1. The Bertz CT molecular complexity index is 1550. The van der Waals surface area contributed by atoms with Gasteiger partial charge in [-0.2, -0.15) is 0 Å². The van der Waals surface area contributed by atoms with Crippen LogP contribution in [0.5, 0.6) is 0 Å². The molecule has 0 saturated carbocycles. The maximum Gasteiger partial charge on any atom is 0.312 e. The van der Waals surface area contributed by atoms with Crippen LogP contribution in [0.4, 0.5) is 5.69 Å². The molecule has 0 N–H and O–H groups in total. The molecular formula is C32H34N5O2+. The van der Waals surface area contributed by atoms with Gasteiger partial charge in [0.05, 0.1) is 5.69 Å². The van der Waals surface area contributed by atoms with Gasteiger partial charge in [0.2, 0.25) is 0 Å². The number of anilines is 1. The zero-order valence-corrected chi connectivity index (χ0v) is 22.7. The number of nitrogens with zero attached hydrogens (tertiary/aromatic N) is 5. The van der Waals surface area contributed by atoms with Gasteiger partial charge in [-0.05, 0) is 62.2 Å². The second kappa shape index (κ2) is 10.9. The third-order valence-corrected chi connectivity index (χ3v) is 7.86. The molecule has 0 aliphatic carbocycles. The molecule has 2 saturated heterocycles. The molecule has 2 fully saturated rings. The Hall–Kier alpha value is -4.15. The van der Waals surface area contributed by atoms with E-state index in [4.69, 9.17) is 4.42 Å². The molecule has 0 bridgehead atoms. The Balaban J connectivity index is 1.29. The number of carbonyl (C=O) groups excluding carboxylic acids is 1. The highest BCUT2D eigenvalue weighted by atomic mass is 16.3. The van der Waals surface area contributed by atoms with E-state index < -0.39 is 0 Å². The predicted molar refractivity (Wildman–Crippen MR) is 157 cm³/mol. The van der Waals surface area contributed by atoms with Crippen LogP contribution in [0.25, 0.3) is 38.4 Å². The molecule has 0 spiro atoms. The van der Waals surface area contributed by atoms with Crippen LogP contribution in [0.1, 0.15) is 35.2 Å². The second-order valence-corrected chi connectivity index (χ2v) is 10.5. The number of piperidine rings is 1. The van der Waals surface area contributed by atoms with E-state index in [1.54, 1.807) is 7.05 Å². The zero-order chi connectivity index (χ0) is 26.8. The number of benzene rings is 2. The van der Waals surface area contributed by atoms with E-state index >= 15 is 0 Å². The summed E-state index contributed by atoms with van der Waals surface area (Å²) < 4.78 is 6.40. The maximum absolute atomic E-state index is 13.0. The third kappa shape index (κ3) is 5.13. The number of likely N-dealkylation sites (N-methyl/N-ethyl adjacent to an activating group) is 1. The van der Waals surface area contributed by atoms with Gasteiger partial charge >= 0.3 is 6.07 Å². The van der Waals surface area contributed by atoms with E-state index in [0.717, 1.165) is 78.4 Å². The number of hydrogen-bond acceptors (Lipinski definition) is 5. The lowest BCUT2D eigenvalue weighted by Gasteiger charge is -2.32. The number of furan rings is 1. The van der Waals surface area contributed by atoms with Crippen molar-refractivity contribution in [3.05, 3.63) is 76.8 Å². The van der Waals surface area contributed by atoms with Crippen molar-refractivity contribution < 1.29 is 9.21 Å². The van der Waals surface area contributed by atoms with Gasteiger partial charge in [-0.3, -0.25) is 9.78 Å². The molecule has 39 heavy (non-hydrogen) atoms. The van der Waals surface area contributed by atoms with Gasteiger partial charge in [-0.1, -0.05) is 23.0 Å². The van der Waals surface area contributed by atoms with Crippen LogP contribution in [0.3, 0.4) is 0 Å². The molecule has 4 aromatic rings. The van der Waals surface area contributed by atoms with Gasteiger partial charge in [0.1, 0.15) is 16.8 Å². The standard InChI is InChI=1S/C32H34N5O2/c1-33-22-26-20-25(10-11-29(26)36-14-4-3-5-15-36)27-12-13-34-28-21-30(39-31(27)28)23-6-8-24(9-7-23)32(38)37-18-16-35(2)17-19-37/h6-13,20-21H,3-5,14-19H2,1-2H3/q+1. The molecule has 2 aromatic carbocycles. The molecule has 2 aliphatic heterocycles. The van der Waals surface area contributed by atoms with Gasteiger partial charge in [0, 0.05) is 68.2 Å². The lowest BCUT2D eigenvalue weighted by atomic mass is 10.0. The quantitative estimate of drug-likeness (QED) is 0.338. The molecule has 1 amide bonds. The van der Waals surface area contributed by atoms with E-state index in [9.17, 15) is 4.79 Å². The smallest absolute Gasteiger partial charge is 0.312 e. The fourth-order valence-electron chi connectivity index (χ4n) is 5.60. The first-order valence-electron chi connectivity index (χ1n) is 13.8. The summed E-state index contributed by atoms with van der Waals surface area (Å²) in [6.07, 6.45) is 5.55. The van der Waals surface area contributed by atoms with Crippen molar-refractivity contribution in [1.29, 1.82) is 0 Å². The lowest BCUT2D eigenvalue weighted by Crippen LogP contribution is -2.47. The Morgan fingerprint density at radius 3 is 2.38 bits per heavy atom. The van der Waals surface area contributed by atoms with Crippen LogP contribution in [-0.4, -0.2) is 74.1 Å². The molecule has 4 heterocycles. The van der Waals surface area contributed by atoms with Crippen molar-refractivity contribution >= 4 is 22.7 Å². The van der Waals surface area contributed by atoms with E-state index in [2.05, 4.69) is 50.9 Å². The monoisotopic (exact) mass is 520 g/mol. The summed E-state index contributed by atoms with van der Waals surface area (Å²) in [6.45, 7) is 5.47. The van der Waals surface area contributed by atoms with Crippen LogP contribution in [0.2, 0.25) is 0 Å². The number of fused-ring (bicyclic) bond motifs is 1. The highest BCUT2D eigenvalue weighted by Gasteiger charge is 2.21. The predicted octanol–water partition coefficient (Wildman–Crippen LogP) is 5.85. The molecule has 0 radical (unpaired) electrons. The molecular weight excluding hydrogens is 486 g/mol. The van der Waals surface area contributed by atoms with Crippen LogP contribution in [-0.2, 0) is 0 Å². The number of piperazine rings is 1. The molecule has 7 heteroatoms. The number of hydrogen-bond donors (Lipinski definition) is 0. The topological polar surface area (TPSA) is 57.2 Å². The normalized spacial score (nSPS) is 16.3. The number of carbonyl (C=O) groups is 1. The Labute approximate surface area is 229 Å². The first-order valence-corrected chi connectivity index (χ1v) is 13.8. The van der Waals surface area contributed by atoms with Crippen LogP contribution in [0.15, 0.2) is 65.2 Å². The summed E-state index contributed by atoms with van der Waals surface area (Å²) in [6, 6.07) is 21.4. The maximum atomic E-state index is 13.0. The Morgan fingerprint density at radius 1 is 0.897 bits per heavy atom. The molecule has 198 valence electrons. The van der Waals surface area contributed by atoms with E-state index in [-0.39, 0.29) is 5.91 Å². The van der Waals surface area contributed by atoms with E-state index in [1.165, 1.54) is 24.9 Å². The van der Waals surface area contributed by atoms with Crippen molar-refractivity contribution in [2.24, 2.45) is 0 Å². The number of amides is 1. The second-order valence-electron chi connectivity index (χ2n) is 10.5. The summed E-state index contributed by atoms with van der Waals surface area (Å²) in [5, 5.41) is 0. The molecule has 7 nitrogen and oxygen atoms in total. The first kappa shape index (κ1) is 25.1. The van der Waals surface area contributed by atoms with Crippen molar-refractivity contribution in [1.82, 2.24) is 14.8 Å². The van der Waals surface area contributed by atoms with Crippen molar-refractivity contribution in [2.45, 2.75) is 19.3 Å². The minimum Gasteiger partial charge on any atom is -0.454 e. The fourth-order valence-corrected chi connectivity index (χ4v) is 5.60. The van der Waals surface area contributed by atoms with Gasteiger partial charge in [0.25, 0.3) is 13.0 Å². The summed E-state index contributed by atoms with van der Waals surface area (Å²) >= 11 is 0. The van der Waals surface area contributed by atoms with Gasteiger partial charge in [-0.25, -0.2) is 0 Å². The SMILES string of the molecule is C[N+]#Cc1cc(-c2ccnc3cc(-c4ccc(C(=O)N5CCN(C)CC5)cc4)oc23)ccc1N1CCCCC1. The highest BCUT2D eigenvalue weighted by molar-refractivity contribution is 5.95. The van der Waals surface area contributed by atoms with Crippen LogP contribution >= 0.6 is 0 Å². The van der Waals surface area contributed by atoms with E-state index in [1.807, 2.05) is 47.5 Å². The van der Waals surface area contributed by atoms with Crippen molar-refractivity contribution in [2.75, 3.05) is 58.3 Å². The number of pyridine rings is 1. The Morgan fingerprint density at radius 2 is 1.64 bits per heavy atom.